The van der Waals surface area contributed by atoms with E-state index in [0.29, 0.717) is 59.3 Å². The molecular formula is C19H22ClN7O3. The Bertz CT molecular complexity index is 1080. The third kappa shape index (κ3) is 3.70. The number of alkyl carbamates (subject to hydrolysis) is 1. The maximum Gasteiger partial charge on any atom is 0.407 e. The van der Waals surface area contributed by atoms with Gasteiger partial charge in [0.25, 0.3) is 0 Å². The second-order valence-corrected chi connectivity index (χ2v) is 7.63. The van der Waals surface area contributed by atoms with Crippen LogP contribution in [-0.4, -0.2) is 64.1 Å². The molecule has 1 amide bonds. The van der Waals surface area contributed by atoms with Crippen LogP contribution < -0.4 is 15.0 Å². The second-order valence-electron chi connectivity index (χ2n) is 7.26. The maximum atomic E-state index is 11.6. The Labute approximate surface area is 178 Å². The van der Waals surface area contributed by atoms with Gasteiger partial charge in [-0.3, -0.25) is 5.10 Å². The van der Waals surface area contributed by atoms with Crippen molar-refractivity contribution >= 4 is 34.7 Å². The summed E-state index contributed by atoms with van der Waals surface area (Å²) in [6.07, 6.45) is 4.30. The molecule has 1 aliphatic rings. The maximum absolute atomic E-state index is 11.6. The average molecular weight is 432 g/mol. The van der Waals surface area contributed by atoms with Gasteiger partial charge in [-0.15, -0.1) is 0 Å². The minimum Gasteiger partial charge on any atom is -0.480 e. The summed E-state index contributed by atoms with van der Waals surface area (Å²) >= 11 is 6.39. The molecule has 3 aromatic heterocycles. The Kier molecular flexibility index (Phi) is 5.33. The summed E-state index contributed by atoms with van der Waals surface area (Å²) in [7, 11) is 3.07. The molecule has 4 heterocycles. The fourth-order valence-corrected chi connectivity index (χ4v) is 3.75. The SMILES string of the molecule is CNC(=O)OC1(C)CCN(c2cnc3c(-c4ccnc(OC)c4Cl)n[nH]c3n2)CC1. The molecule has 2 N–H and O–H groups in total. The van der Waals surface area contributed by atoms with Gasteiger partial charge in [0.15, 0.2) is 5.65 Å². The highest BCUT2D eigenvalue weighted by atomic mass is 35.5. The van der Waals surface area contributed by atoms with Gasteiger partial charge in [0.05, 0.1) is 13.3 Å². The summed E-state index contributed by atoms with van der Waals surface area (Å²) in [5.41, 5.74) is 1.92. The van der Waals surface area contributed by atoms with E-state index in [-0.39, 0.29) is 0 Å². The van der Waals surface area contributed by atoms with Crippen molar-refractivity contribution in [2.24, 2.45) is 0 Å². The number of amides is 1. The van der Waals surface area contributed by atoms with Gasteiger partial charge >= 0.3 is 6.09 Å². The molecule has 158 valence electrons. The van der Waals surface area contributed by atoms with E-state index in [9.17, 15) is 4.79 Å². The number of H-pyrrole nitrogens is 1. The third-order valence-corrected chi connectivity index (χ3v) is 5.62. The van der Waals surface area contributed by atoms with Crippen LogP contribution >= 0.6 is 11.6 Å². The number of pyridine rings is 1. The predicted molar refractivity (Wildman–Crippen MR) is 112 cm³/mol. The van der Waals surface area contributed by atoms with Crippen LogP contribution in [0.1, 0.15) is 19.8 Å². The summed E-state index contributed by atoms with van der Waals surface area (Å²) in [5, 5.41) is 10.1. The zero-order chi connectivity index (χ0) is 21.3. The summed E-state index contributed by atoms with van der Waals surface area (Å²) in [4.78, 5) is 27.0. The Morgan fingerprint density at radius 3 is 2.80 bits per heavy atom. The van der Waals surface area contributed by atoms with E-state index in [1.54, 1.807) is 25.5 Å². The number of anilines is 1. The Morgan fingerprint density at radius 1 is 1.33 bits per heavy atom. The molecule has 1 aliphatic heterocycles. The lowest BCUT2D eigenvalue weighted by atomic mass is 9.93. The van der Waals surface area contributed by atoms with Crippen LogP contribution in [0, 0.1) is 0 Å². The first kappa shape index (κ1) is 20.1. The quantitative estimate of drug-likeness (QED) is 0.647. The van der Waals surface area contributed by atoms with E-state index in [2.05, 4.69) is 35.4 Å². The summed E-state index contributed by atoms with van der Waals surface area (Å²) in [5.74, 6) is 1.06. The molecule has 0 saturated carbocycles. The van der Waals surface area contributed by atoms with Crippen molar-refractivity contribution in [2.45, 2.75) is 25.4 Å². The first-order valence-electron chi connectivity index (χ1n) is 9.50. The van der Waals surface area contributed by atoms with Crippen molar-refractivity contribution in [1.29, 1.82) is 0 Å². The molecule has 0 unspecified atom stereocenters. The minimum absolute atomic E-state index is 0.324. The van der Waals surface area contributed by atoms with Crippen molar-refractivity contribution in [3.8, 4) is 17.1 Å². The van der Waals surface area contributed by atoms with Crippen LogP contribution in [0.3, 0.4) is 0 Å². The number of ether oxygens (including phenoxy) is 2. The Hall–Kier alpha value is -3.14. The number of hydrogen-bond donors (Lipinski definition) is 2. The zero-order valence-corrected chi connectivity index (χ0v) is 17.7. The first-order valence-corrected chi connectivity index (χ1v) is 9.87. The van der Waals surface area contributed by atoms with Crippen molar-refractivity contribution in [3.05, 3.63) is 23.5 Å². The number of nitrogens with zero attached hydrogens (tertiary/aromatic N) is 5. The summed E-state index contributed by atoms with van der Waals surface area (Å²) in [6, 6.07) is 1.76. The number of fused-ring (bicyclic) bond motifs is 1. The van der Waals surface area contributed by atoms with Crippen LogP contribution in [0.2, 0.25) is 5.02 Å². The highest BCUT2D eigenvalue weighted by molar-refractivity contribution is 6.34. The molecule has 0 spiro atoms. The van der Waals surface area contributed by atoms with Crippen molar-refractivity contribution in [3.63, 3.8) is 0 Å². The van der Waals surface area contributed by atoms with Crippen LogP contribution in [-0.2, 0) is 4.74 Å². The topological polar surface area (TPSA) is 118 Å². The van der Waals surface area contributed by atoms with Crippen LogP contribution in [0.25, 0.3) is 22.4 Å². The first-order chi connectivity index (χ1) is 14.4. The second kappa shape index (κ2) is 7.94. The van der Waals surface area contributed by atoms with Gasteiger partial charge in [-0.2, -0.15) is 5.10 Å². The molecule has 0 aromatic carbocycles. The smallest absolute Gasteiger partial charge is 0.407 e. The molecule has 30 heavy (non-hydrogen) atoms. The van der Waals surface area contributed by atoms with Gasteiger partial charge in [0.2, 0.25) is 5.88 Å². The molecule has 0 bridgehead atoms. The van der Waals surface area contributed by atoms with E-state index in [4.69, 9.17) is 21.1 Å². The van der Waals surface area contributed by atoms with Crippen molar-refractivity contribution in [1.82, 2.24) is 30.5 Å². The summed E-state index contributed by atoms with van der Waals surface area (Å²) < 4.78 is 10.7. The molecule has 0 aliphatic carbocycles. The number of piperidine rings is 1. The number of nitrogens with one attached hydrogen (secondary N) is 2. The normalized spacial score (nSPS) is 15.8. The monoisotopic (exact) mass is 431 g/mol. The molecular weight excluding hydrogens is 410 g/mol. The van der Waals surface area contributed by atoms with Gasteiger partial charge < -0.3 is 19.7 Å². The molecule has 0 radical (unpaired) electrons. The number of aromatic nitrogens is 5. The van der Waals surface area contributed by atoms with Crippen molar-refractivity contribution < 1.29 is 14.3 Å². The minimum atomic E-state index is -0.494. The van der Waals surface area contributed by atoms with Gasteiger partial charge in [-0.25, -0.2) is 19.7 Å². The van der Waals surface area contributed by atoms with E-state index in [0.717, 1.165) is 5.82 Å². The van der Waals surface area contributed by atoms with Crippen LogP contribution in [0.5, 0.6) is 5.88 Å². The van der Waals surface area contributed by atoms with E-state index < -0.39 is 11.7 Å². The van der Waals surface area contributed by atoms with Gasteiger partial charge in [0, 0.05) is 44.7 Å². The highest BCUT2D eigenvalue weighted by Gasteiger charge is 2.34. The number of carbonyl (C=O) groups is 1. The molecule has 1 saturated heterocycles. The number of aromatic amines is 1. The Balaban J connectivity index is 1.56. The average Bonchev–Trinajstić information content (AvgIpc) is 3.17. The number of carbonyl (C=O) groups excluding carboxylic acids is 1. The van der Waals surface area contributed by atoms with E-state index >= 15 is 0 Å². The molecule has 10 nitrogen and oxygen atoms in total. The highest BCUT2D eigenvalue weighted by Crippen LogP contribution is 2.35. The molecule has 4 rings (SSSR count). The lowest BCUT2D eigenvalue weighted by molar-refractivity contribution is 0.00825. The largest absolute Gasteiger partial charge is 0.480 e. The summed E-state index contributed by atoms with van der Waals surface area (Å²) in [6.45, 7) is 3.34. The zero-order valence-electron chi connectivity index (χ0n) is 16.9. The molecule has 11 heteroatoms. The standard InChI is InChI=1S/C19H22ClN7O3/c1-19(30-18(28)21-2)5-8-27(9-6-19)12-10-23-15-14(25-26-16(15)24-12)11-4-7-22-17(29-3)13(11)20/h4,7,10H,5-6,8-9H2,1-3H3,(H,21,28)(H,24,25,26). The Morgan fingerprint density at radius 2 is 2.10 bits per heavy atom. The number of halogens is 1. The number of rotatable bonds is 4. The van der Waals surface area contributed by atoms with Crippen LogP contribution in [0.15, 0.2) is 18.5 Å². The lowest BCUT2D eigenvalue weighted by Crippen LogP contribution is -2.46. The van der Waals surface area contributed by atoms with E-state index in [1.165, 1.54) is 7.11 Å². The lowest BCUT2D eigenvalue weighted by Gasteiger charge is -2.39. The fourth-order valence-electron chi connectivity index (χ4n) is 3.47. The third-order valence-electron chi connectivity index (χ3n) is 5.25. The molecule has 1 fully saturated rings. The van der Waals surface area contributed by atoms with Gasteiger partial charge in [0.1, 0.15) is 27.7 Å². The molecule has 3 aromatic rings. The predicted octanol–water partition coefficient (Wildman–Crippen LogP) is 2.79. The van der Waals surface area contributed by atoms with Crippen molar-refractivity contribution in [2.75, 3.05) is 32.1 Å². The van der Waals surface area contributed by atoms with Gasteiger partial charge in [-0.05, 0) is 13.0 Å². The number of hydrogen-bond acceptors (Lipinski definition) is 8. The fraction of sp³-hybridized carbons (Fsp3) is 0.421. The van der Waals surface area contributed by atoms with Gasteiger partial charge in [-0.1, -0.05) is 11.6 Å². The van der Waals surface area contributed by atoms with E-state index in [1.807, 2.05) is 6.92 Å². The number of methoxy groups -OCH3 is 1. The molecule has 0 atom stereocenters. The van der Waals surface area contributed by atoms with Crippen LogP contribution in [0.4, 0.5) is 10.6 Å².